The van der Waals surface area contributed by atoms with E-state index < -0.39 is 0 Å². The van der Waals surface area contributed by atoms with E-state index in [0.717, 1.165) is 29.9 Å². The van der Waals surface area contributed by atoms with E-state index in [1.54, 1.807) is 7.11 Å². The first-order chi connectivity index (χ1) is 14.4. The van der Waals surface area contributed by atoms with Crippen LogP contribution < -0.4 is 14.8 Å². The van der Waals surface area contributed by atoms with Gasteiger partial charge in [0.15, 0.2) is 0 Å². The molecular weight excluding hydrogens is 374 g/mol. The SMILES string of the molecule is COc1ccc(C(=O)NC2CCCCCC2)cc1COc1ccc(C(C)(C)C)cc1. The van der Waals surface area contributed by atoms with Gasteiger partial charge in [0.1, 0.15) is 18.1 Å². The van der Waals surface area contributed by atoms with Crippen molar-refractivity contribution in [1.29, 1.82) is 0 Å². The van der Waals surface area contributed by atoms with Gasteiger partial charge in [-0.3, -0.25) is 4.79 Å². The van der Waals surface area contributed by atoms with Crippen molar-refractivity contribution in [2.75, 3.05) is 7.11 Å². The Hall–Kier alpha value is -2.49. The zero-order chi connectivity index (χ0) is 21.6. The lowest BCUT2D eigenvalue weighted by Gasteiger charge is -2.19. The van der Waals surface area contributed by atoms with Crippen molar-refractivity contribution in [3.8, 4) is 11.5 Å². The number of carbonyl (C=O) groups is 1. The minimum atomic E-state index is -0.0136. The Morgan fingerprint density at radius 3 is 2.27 bits per heavy atom. The zero-order valence-corrected chi connectivity index (χ0v) is 18.8. The number of rotatable bonds is 6. The van der Waals surface area contributed by atoms with Gasteiger partial charge < -0.3 is 14.8 Å². The van der Waals surface area contributed by atoms with Crippen molar-refractivity contribution < 1.29 is 14.3 Å². The molecule has 4 heteroatoms. The summed E-state index contributed by atoms with van der Waals surface area (Å²) in [7, 11) is 1.64. The first-order valence-electron chi connectivity index (χ1n) is 11.1. The Kier molecular flexibility index (Phi) is 7.41. The fourth-order valence-electron chi connectivity index (χ4n) is 3.94. The molecule has 0 aromatic heterocycles. The number of nitrogens with one attached hydrogen (secondary N) is 1. The van der Waals surface area contributed by atoms with Gasteiger partial charge in [0, 0.05) is 17.2 Å². The lowest BCUT2D eigenvalue weighted by molar-refractivity contribution is 0.0933. The molecule has 0 aliphatic heterocycles. The molecule has 0 spiro atoms. The second-order valence-electron chi connectivity index (χ2n) is 9.25. The lowest BCUT2D eigenvalue weighted by atomic mass is 9.87. The first-order valence-corrected chi connectivity index (χ1v) is 11.1. The van der Waals surface area contributed by atoms with Crippen LogP contribution in [0.3, 0.4) is 0 Å². The highest BCUT2D eigenvalue weighted by Crippen LogP contribution is 2.26. The molecule has 0 saturated heterocycles. The summed E-state index contributed by atoms with van der Waals surface area (Å²) in [6.07, 6.45) is 7.08. The van der Waals surface area contributed by atoms with E-state index in [1.165, 1.54) is 31.2 Å². The summed E-state index contributed by atoms with van der Waals surface area (Å²) < 4.78 is 11.5. The summed E-state index contributed by atoms with van der Waals surface area (Å²) in [5.74, 6) is 1.52. The summed E-state index contributed by atoms with van der Waals surface area (Å²) in [6, 6.07) is 14.0. The number of carbonyl (C=O) groups excluding carboxylic acids is 1. The molecule has 162 valence electrons. The average Bonchev–Trinajstić information content (AvgIpc) is 3.00. The van der Waals surface area contributed by atoms with Gasteiger partial charge in [-0.2, -0.15) is 0 Å². The van der Waals surface area contributed by atoms with Crippen LogP contribution in [0.15, 0.2) is 42.5 Å². The zero-order valence-electron chi connectivity index (χ0n) is 18.8. The summed E-state index contributed by atoms with van der Waals surface area (Å²) >= 11 is 0. The van der Waals surface area contributed by atoms with Crippen LogP contribution in [0.2, 0.25) is 0 Å². The molecule has 2 aromatic rings. The van der Waals surface area contributed by atoms with E-state index >= 15 is 0 Å². The normalized spacial score (nSPS) is 15.3. The van der Waals surface area contributed by atoms with Crippen LogP contribution in [0.4, 0.5) is 0 Å². The molecule has 1 aliphatic rings. The average molecular weight is 410 g/mol. The number of hydrogen-bond acceptors (Lipinski definition) is 3. The van der Waals surface area contributed by atoms with Gasteiger partial charge in [0.05, 0.1) is 7.11 Å². The topological polar surface area (TPSA) is 47.6 Å². The van der Waals surface area contributed by atoms with Crippen LogP contribution in [0.25, 0.3) is 0 Å². The highest BCUT2D eigenvalue weighted by Gasteiger charge is 2.17. The maximum atomic E-state index is 12.8. The highest BCUT2D eigenvalue weighted by atomic mass is 16.5. The van der Waals surface area contributed by atoms with Gasteiger partial charge in [0.25, 0.3) is 5.91 Å². The molecule has 0 heterocycles. The lowest BCUT2D eigenvalue weighted by Crippen LogP contribution is -2.34. The van der Waals surface area contributed by atoms with E-state index in [0.29, 0.717) is 12.2 Å². The van der Waals surface area contributed by atoms with Crippen molar-refractivity contribution in [2.45, 2.75) is 77.4 Å². The summed E-state index contributed by atoms with van der Waals surface area (Å²) in [4.78, 5) is 12.8. The Labute approximate surface area is 181 Å². The van der Waals surface area contributed by atoms with Crippen LogP contribution >= 0.6 is 0 Å². The fraction of sp³-hybridized carbons (Fsp3) is 0.500. The molecule has 3 rings (SSSR count). The Morgan fingerprint density at radius 2 is 1.67 bits per heavy atom. The number of hydrogen-bond donors (Lipinski definition) is 1. The van der Waals surface area contributed by atoms with Crippen molar-refractivity contribution in [1.82, 2.24) is 5.32 Å². The minimum absolute atomic E-state index is 0.0136. The fourth-order valence-corrected chi connectivity index (χ4v) is 3.94. The number of amides is 1. The van der Waals surface area contributed by atoms with Gasteiger partial charge >= 0.3 is 0 Å². The molecule has 1 amide bonds. The Balaban J connectivity index is 1.67. The molecule has 0 atom stereocenters. The third-order valence-electron chi connectivity index (χ3n) is 5.85. The third kappa shape index (κ3) is 6.01. The predicted octanol–water partition coefficient (Wildman–Crippen LogP) is 6.02. The molecule has 1 aliphatic carbocycles. The molecule has 30 heavy (non-hydrogen) atoms. The number of methoxy groups -OCH3 is 1. The van der Waals surface area contributed by atoms with Gasteiger partial charge in [-0.15, -0.1) is 0 Å². The molecule has 0 unspecified atom stereocenters. The summed E-state index contributed by atoms with van der Waals surface area (Å²) in [6.45, 7) is 6.93. The predicted molar refractivity (Wildman–Crippen MR) is 121 cm³/mol. The summed E-state index contributed by atoms with van der Waals surface area (Å²) in [5.41, 5.74) is 2.90. The largest absolute Gasteiger partial charge is 0.496 e. The van der Waals surface area contributed by atoms with E-state index in [1.807, 2.05) is 30.3 Å². The first kappa shape index (κ1) is 22.2. The van der Waals surface area contributed by atoms with Crippen molar-refractivity contribution >= 4 is 5.91 Å². The molecule has 0 radical (unpaired) electrons. The molecule has 0 bridgehead atoms. The quantitative estimate of drug-likeness (QED) is 0.593. The van der Waals surface area contributed by atoms with Gasteiger partial charge in [-0.25, -0.2) is 0 Å². The van der Waals surface area contributed by atoms with Gasteiger partial charge in [-0.05, 0) is 54.2 Å². The van der Waals surface area contributed by atoms with Crippen LogP contribution in [-0.4, -0.2) is 19.1 Å². The third-order valence-corrected chi connectivity index (χ3v) is 5.85. The van der Waals surface area contributed by atoms with Crippen LogP contribution in [0, 0.1) is 0 Å². The number of ether oxygens (including phenoxy) is 2. The van der Waals surface area contributed by atoms with E-state index in [9.17, 15) is 4.79 Å². The minimum Gasteiger partial charge on any atom is -0.496 e. The van der Waals surface area contributed by atoms with Crippen molar-refractivity contribution in [2.24, 2.45) is 0 Å². The van der Waals surface area contributed by atoms with E-state index in [-0.39, 0.29) is 17.4 Å². The molecule has 4 nitrogen and oxygen atoms in total. The van der Waals surface area contributed by atoms with E-state index in [4.69, 9.17) is 9.47 Å². The van der Waals surface area contributed by atoms with Crippen molar-refractivity contribution in [3.63, 3.8) is 0 Å². The number of benzene rings is 2. The highest BCUT2D eigenvalue weighted by molar-refractivity contribution is 5.94. The molecule has 2 aromatic carbocycles. The summed E-state index contributed by atoms with van der Waals surface area (Å²) in [5, 5.41) is 3.21. The second-order valence-corrected chi connectivity index (χ2v) is 9.25. The molecule has 1 N–H and O–H groups in total. The molecule has 1 saturated carbocycles. The Morgan fingerprint density at radius 1 is 1.00 bits per heavy atom. The Bertz CT molecular complexity index is 828. The van der Waals surface area contributed by atoms with Crippen LogP contribution in [-0.2, 0) is 12.0 Å². The monoisotopic (exact) mass is 409 g/mol. The molecule has 1 fully saturated rings. The van der Waals surface area contributed by atoms with Crippen LogP contribution in [0.5, 0.6) is 11.5 Å². The second kappa shape index (κ2) is 10.0. The maximum Gasteiger partial charge on any atom is 0.251 e. The van der Waals surface area contributed by atoms with Crippen LogP contribution in [0.1, 0.15) is 80.8 Å². The van der Waals surface area contributed by atoms with Gasteiger partial charge in [0.2, 0.25) is 0 Å². The van der Waals surface area contributed by atoms with Crippen molar-refractivity contribution in [3.05, 3.63) is 59.2 Å². The maximum absolute atomic E-state index is 12.8. The van der Waals surface area contributed by atoms with Gasteiger partial charge in [-0.1, -0.05) is 58.6 Å². The van der Waals surface area contributed by atoms with E-state index in [2.05, 4.69) is 38.2 Å². The molecular formula is C26H35NO3. The standard InChI is InChI=1S/C26H35NO3/c1-26(2,3)21-12-14-23(15-13-21)30-18-20-17-19(11-16-24(20)29-4)25(28)27-22-9-7-5-6-8-10-22/h11-17,22H,5-10,18H2,1-4H3,(H,27,28). The smallest absolute Gasteiger partial charge is 0.251 e.